The Hall–Kier alpha value is -1.84. The van der Waals surface area contributed by atoms with Gasteiger partial charge in [0.15, 0.2) is 0 Å². The van der Waals surface area contributed by atoms with Crippen LogP contribution in [-0.4, -0.2) is 17.3 Å². The van der Waals surface area contributed by atoms with Crippen LogP contribution in [0.15, 0.2) is 54.6 Å². The van der Waals surface area contributed by atoms with Crippen LogP contribution in [0.3, 0.4) is 0 Å². The van der Waals surface area contributed by atoms with Crippen molar-refractivity contribution >= 4 is 0 Å². The van der Waals surface area contributed by atoms with E-state index in [1.54, 1.807) is 0 Å². The SMILES string of the molecule is OC1CCC(NCc2cccc(OCc3ccccc3)c2)CC1. The second-order valence-corrected chi connectivity index (χ2v) is 6.31. The van der Waals surface area contributed by atoms with Crippen molar-refractivity contribution in [3.63, 3.8) is 0 Å². The van der Waals surface area contributed by atoms with Crippen molar-refractivity contribution in [2.75, 3.05) is 0 Å². The van der Waals surface area contributed by atoms with Gasteiger partial charge in [-0.15, -0.1) is 0 Å². The summed E-state index contributed by atoms with van der Waals surface area (Å²) in [6.07, 6.45) is 3.86. The van der Waals surface area contributed by atoms with Gasteiger partial charge in [0.05, 0.1) is 6.10 Å². The molecule has 0 amide bonds. The molecule has 1 fully saturated rings. The molecule has 0 atom stereocenters. The molecular formula is C20H25NO2. The first kappa shape index (κ1) is 16.0. The fourth-order valence-corrected chi connectivity index (χ4v) is 3.03. The summed E-state index contributed by atoms with van der Waals surface area (Å²) in [7, 11) is 0. The predicted octanol–water partition coefficient (Wildman–Crippen LogP) is 3.66. The van der Waals surface area contributed by atoms with E-state index in [9.17, 15) is 5.11 Å². The molecule has 0 saturated heterocycles. The first-order valence-electron chi connectivity index (χ1n) is 8.47. The summed E-state index contributed by atoms with van der Waals surface area (Å²) in [6.45, 7) is 1.45. The van der Waals surface area contributed by atoms with E-state index in [0.717, 1.165) is 38.0 Å². The van der Waals surface area contributed by atoms with Crippen molar-refractivity contribution in [1.29, 1.82) is 0 Å². The number of aliphatic hydroxyl groups is 1. The van der Waals surface area contributed by atoms with Crippen molar-refractivity contribution < 1.29 is 9.84 Å². The number of nitrogens with one attached hydrogen (secondary N) is 1. The number of aliphatic hydroxyl groups excluding tert-OH is 1. The lowest BCUT2D eigenvalue weighted by Crippen LogP contribution is -2.34. The van der Waals surface area contributed by atoms with Crippen LogP contribution < -0.4 is 10.1 Å². The Morgan fingerprint density at radius 3 is 2.43 bits per heavy atom. The van der Waals surface area contributed by atoms with Crippen LogP contribution >= 0.6 is 0 Å². The van der Waals surface area contributed by atoms with Gasteiger partial charge in [0.1, 0.15) is 12.4 Å². The number of hydrogen-bond donors (Lipinski definition) is 2. The normalized spacial score (nSPS) is 21.1. The summed E-state index contributed by atoms with van der Waals surface area (Å²) < 4.78 is 5.88. The van der Waals surface area contributed by atoms with E-state index >= 15 is 0 Å². The zero-order valence-electron chi connectivity index (χ0n) is 13.4. The fraction of sp³-hybridized carbons (Fsp3) is 0.400. The van der Waals surface area contributed by atoms with Crippen molar-refractivity contribution in [2.24, 2.45) is 0 Å². The van der Waals surface area contributed by atoms with E-state index in [2.05, 4.69) is 29.6 Å². The minimum absolute atomic E-state index is 0.0947. The van der Waals surface area contributed by atoms with Gasteiger partial charge in [-0.25, -0.2) is 0 Å². The summed E-state index contributed by atoms with van der Waals surface area (Å²) in [5.41, 5.74) is 2.42. The molecule has 3 heteroatoms. The summed E-state index contributed by atoms with van der Waals surface area (Å²) in [5, 5.41) is 13.2. The van der Waals surface area contributed by atoms with Crippen LogP contribution in [0.2, 0.25) is 0 Å². The Bertz CT molecular complexity index is 592. The number of hydrogen-bond acceptors (Lipinski definition) is 3. The lowest BCUT2D eigenvalue weighted by molar-refractivity contribution is 0.116. The zero-order chi connectivity index (χ0) is 15.9. The Morgan fingerprint density at radius 2 is 1.65 bits per heavy atom. The van der Waals surface area contributed by atoms with Gasteiger partial charge in [0, 0.05) is 12.6 Å². The molecule has 1 saturated carbocycles. The molecule has 0 spiro atoms. The molecule has 1 aliphatic carbocycles. The average Bonchev–Trinajstić information content (AvgIpc) is 2.61. The minimum atomic E-state index is -0.0947. The molecule has 0 aromatic heterocycles. The summed E-state index contributed by atoms with van der Waals surface area (Å²) >= 11 is 0. The summed E-state index contributed by atoms with van der Waals surface area (Å²) in [6, 6.07) is 19.0. The maximum Gasteiger partial charge on any atom is 0.120 e. The van der Waals surface area contributed by atoms with E-state index in [0.29, 0.717) is 12.6 Å². The van der Waals surface area contributed by atoms with Crippen LogP contribution in [0.4, 0.5) is 0 Å². The molecule has 3 nitrogen and oxygen atoms in total. The molecule has 0 bridgehead atoms. The van der Waals surface area contributed by atoms with Crippen LogP contribution in [0.5, 0.6) is 5.75 Å². The van der Waals surface area contributed by atoms with E-state index in [4.69, 9.17) is 4.74 Å². The molecule has 23 heavy (non-hydrogen) atoms. The number of rotatable bonds is 6. The van der Waals surface area contributed by atoms with Gasteiger partial charge in [-0.3, -0.25) is 0 Å². The monoisotopic (exact) mass is 311 g/mol. The second kappa shape index (κ2) is 8.14. The van der Waals surface area contributed by atoms with Gasteiger partial charge >= 0.3 is 0 Å². The maximum atomic E-state index is 9.56. The van der Waals surface area contributed by atoms with Gasteiger partial charge in [0.2, 0.25) is 0 Å². The Morgan fingerprint density at radius 1 is 0.913 bits per heavy atom. The largest absolute Gasteiger partial charge is 0.489 e. The molecule has 2 aromatic rings. The van der Waals surface area contributed by atoms with Crippen molar-refractivity contribution in [2.45, 2.75) is 51.0 Å². The van der Waals surface area contributed by atoms with Gasteiger partial charge < -0.3 is 15.2 Å². The van der Waals surface area contributed by atoms with Crippen LogP contribution in [0, 0.1) is 0 Å². The number of benzene rings is 2. The standard InChI is InChI=1S/C20H25NO2/c22-19-11-9-18(10-12-19)21-14-17-7-4-8-20(13-17)23-15-16-5-2-1-3-6-16/h1-8,13,18-19,21-22H,9-12,14-15H2. The lowest BCUT2D eigenvalue weighted by atomic mass is 9.93. The van der Waals surface area contributed by atoms with Crippen molar-refractivity contribution in [3.05, 3.63) is 65.7 Å². The van der Waals surface area contributed by atoms with E-state index in [-0.39, 0.29) is 6.10 Å². The average molecular weight is 311 g/mol. The number of ether oxygens (including phenoxy) is 1. The molecule has 2 aromatic carbocycles. The van der Waals surface area contributed by atoms with Crippen LogP contribution in [-0.2, 0) is 13.2 Å². The Labute approximate surface area is 138 Å². The highest BCUT2D eigenvalue weighted by Crippen LogP contribution is 2.20. The smallest absolute Gasteiger partial charge is 0.120 e. The first-order chi connectivity index (χ1) is 11.3. The van der Waals surface area contributed by atoms with Crippen molar-refractivity contribution in [1.82, 2.24) is 5.32 Å². The van der Waals surface area contributed by atoms with Gasteiger partial charge in [-0.05, 0) is 48.9 Å². The Balaban J connectivity index is 1.49. The van der Waals surface area contributed by atoms with Gasteiger partial charge in [-0.2, -0.15) is 0 Å². The third kappa shape index (κ3) is 5.08. The maximum absolute atomic E-state index is 9.56. The molecule has 1 aliphatic rings. The zero-order valence-corrected chi connectivity index (χ0v) is 13.4. The third-order valence-electron chi connectivity index (χ3n) is 4.44. The van der Waals surface area contributed by atoms with Crippen molar-refractivity contribution in [3.8, 4) is 5.75 Å². The Kier molecular flexibility index (Phi) is 5.67. The minimum Gasteiger partial charge on any atom is -0.489 e. The highest BCUT2D eigenvalue weighted by atomic mass is 16.5. The quantitative estimate of drug-likeness (QED) is 0.855. The van der Waals surface area contributed by atoms with Crippen LogP contribution in [0.25, 0.3) is 0 Å². The predicted molar refractivity (Wildman–Crippen MR) is 92.3 cm³/mol. The van der Waals surface area contributed by atoms with E-state index < -0.39 is 0 Å². The molecule has 0 unspecified atom stereocenters. The molecule has 0 aliphatic heterocycles. The second-order valence-electron chi connectivity index (χ2n) is 6.31. The molecular weight excluding hydrogens is 286 g/mol. The van der Waals surface area contributed by atoms with Crippen LogP contribution in [0.1, 0.15) is 36.8 Å². The molecule has 2 N–H and O–H groups in total. The highest BCUT2D eigenvalue weighted by Gasteiger charge is 2.18. The topological polar surface area (TPSA) is 41.5 Å². The van der Waals surface area contributed by atoms with Gasteiger partial charge in [0.25, 0.3) is 0 Å². The summed E-state index contributed by atoms with van der Waals surface area (Å²) in [4.78, 5) is 0. The summed E-state index contributed by atoms with van der Waals surface area (Å²) in [5.74, 6) is 0.909. The molecule has 122 valence electrons. The van der Waals surface area contributed by atoms with E-state index in [1.807, 2.05) is 30.3 Å². The van der Waals surface area contributed by atoms with Gasteiger partial charge in [-0.1, -0.05) is 42.5 Å². The first-order valence-corrected chi connectivity index (χ1v) is 8.47. The lowest BCUT2D eigenvalue weighted by Gasteiger charge is -2.26. The molecule has 0 radical (unpaired) electrons. The fourth-order valence-electron chi connectivity index (χ4n) is 3.03. The highest BCUT2D eigenvalue weighted by molar-refractivity contribution is 5.29. The third-order valence-corrected chi connectivity index (χ3v) is 4.44. The molecule has 0 heterocycles. The van der Waals surface area contributed by atoms with E-state index in [1.165, 1.54) is 11.1 Å². The molecule has 3 rings (SSSR count).